The molecule has 66 valence electrons. The van der Waals surface area contributed by atoms with Crippen molar-refractivity contribution in [3.8, 4) is 0 Å². The molecule has 0 aromatic heterocycles. The van der Waals surface area contributed by atoms with Gasteiger partial charge in [-0.15, -0.1) is 0 Å². The van der Waals surface area contributed by atoms with Crippen LogP contribution in [-0.4, -0.2) is 48.9 Å². The van der Waals surface area contributed by atoms with Gasteiger partial charge in [0.1, 0.15) is 0 Å². The van der Waals surface area contributed by atoms with Crippen LogP contribution in [0.4, 0.5) is 0 Å². The van der Waals surface area contributed by atoms with Crippen molar-refractivity contribution in [1.29, 1.82) is 0 Å². The maximum atomic E-state index is 7.88. The van der Waals surface area contributed by atoms with Crippen molar-refractivity contribution in [2.24, 2.45) is 0 Å². The molecule has 0 fully saturated rings. The second-order valence-electron chi connectivity index (χ2n) is 0. The molecular weight excluding hydrogens is 447 g/mol. The van der Waals surface area contributed by atoms with Gasteiger partial charge in [0.2, 0.25) is 0 Å². The van der Waals surface area contributed by atoms with Gasteiger partial charge < -0.3 is 16.4 Å². The summed E-state index contributed by atoms with van der Waals surface area (Å²) in [5.41, 5.74) is 0. The van der Waals surface area contributed by atoms with E-state index in [0.29, 0.717) is 0 Å². The van der Waals surface area contributed by atoms with Crippen LogP contribution in [0.2, 0.25) is 0 Å². The van der Waals surface area contributed by atoms with Gasteiger partial charge >= 0.3 is 122 Å². The third-order valence-corrected chi connectivity index (χ3v) is 0. The summed E-state index contributed by atoms with van der Waals surface area (Å²) in [6.07, 6.45) is 0. The molecule has 0 rings (SSSR count). The van der Waals surface area contributed by atoms with Crippen molar-refractivity contribution in [2.75, 3.05) is 0 Å². The molecule has 0 unspecified atom stereocenters. The molecule has 0 aliphatic rings. The summed E-state index contributed by atoms with van der Waals surface area (Å²) in [5, 5.41) is 0. The Labute approximate surface area is 136 Å². The molecule has 0 bridgehead atoms. The molecule has 10 heavy (non-hydrogen) atoms. The van der Waals surface area contributed by atoms with Crippen molar-refractivity contribution in [3.63, 3.8) is 0 Å². The Balaban J connectivity index is -0.000000000833. The van der Waals surface area contributed by atoms with E-state index >= 15 is 0 Å². The van der Waals surface area contributed by atoms with Gasteiger partial charge in [-0.05, 0) is 0 Å². The fourth-order valence-electron chi connectivity index (χ4n) is 0. The Morgan fingerprint density at radius 1 is 0.900 bits per heavy atom. The summed E-state index contributed by atoms with van der Waals surface area (Å²) in [6.45, 7) is 0. The van der Waals surface area contributed by atoms with Crippen LogP contribution in [0.5, 0.6) is 0 Å². The van der Waals surface area contributed by atoms with Gasteiger partial charge in [-0.1, -0.05) is 0 Å². The first-order valence-corrected chi connectivity index (χ1v) is 1.04. The molecule has 0 aromatic rings. The zero-order valence-electron chi connectivity index (χ0n) is 4.13. The molecule has 0 N–H and O–H groups in total. The van der Waals surface area contributed by atoms with Crippen LogP contribution in [-0.2, 0) is 89.9 Å². The Bertz CT molecular complexity index is 23.6. The minimum absolute atomic E-state index is 0. The summed E-state index contributed by atoms with van der Waals surface area (Å²) in [7, 11) is 0. The molecule has 0 amide bonds. The molecular formula is BaCrCuFeNiO5+. The molecule has 5 nitrogen and oxygen atoms in total. The Hall–Kier alpha value is 3.12. The number of hydrogen-bond acceptors (Lipinski definition) is 2. The average molecular weight is 447 g/mol. The average Bonchev–Trinajstić information content (AvgIpc) is 1.50. The zero-order valence-corrected chi connectivity index (χ0v) is 12.9. The molecule has 0 aliphatic heterocycles. The van der Waals surface area contributed by atoms with Crippen LogP contribution in [0, 0.1) is 0 Å². The van der Waals surface area contributed by atoms with Gasteiger partial charge in [0.15, 0.2) is 0 Å². The van der Waals surface area contributed by atoms with Crippen LogP contribution < -0.4 is 0 Å². The predicted molar refractivity (Wildman–Crippen MR) is 9.19 cm³/mol. The molecule has 0 atom stereocenters. The fourth-order valence-corrected chi connectivity index (χ4v) is 0. The molecule has 0 aromatic carbocycles. The Morgan fingerprint density at radius 2 is 0.900 bits per heavy atom. The monoisotopic (exact) mass is 447 g/mol. The molecule has 0 spiro atoms. The first-order valence-electron chi connectivity index (χ1n) is 0.252. The summed E-state index contributed by atoms with van der Waals surface area (Å²) < 4.78 is 15.7. The van der Waals surface area contributed by atoms with E-state index in [1.165, 1.54) is 0 Å². The minimum atomic E-state index is 0. The van der Waals surface area contributed by atoms with E-state index in [9.17, 15) is 0 Å². The quantitative estimate of drug-likeness (QED) is 0.444. The molecule has 0 saturated heterocycles. The van der Waals surface area contributed by atoms with Gasteiger partial charge in [-0.3, -0.25) is 0 Å². The number of hydrogen-bond donors (Lipinski definition) is 0. The van der Waals surface area contributed by atoms with Crippen molar-refractivity contribution in [3.05, 3.63) is 0 Å². The topological polar surface area (TPSA) is 120 Å². The summed E-state index contributed by atoms with van der Waals surface area (Å²) in [5.74, 6) is 0. The zero-order chi connectivity index (χ0) is 4.00. The molecule has 0 saturated carbocycles. The van der Waals surface area contributed by atoms with Gasteiger partial charge in [0, 0.05) is 0 Å². The molecule has 0 heterocycles. The Kier molecular flexibility index (Phi) is 1130. The Morgan fingerprint density at radius 3 is 0.900 bits per heavy atom. The van der Waals surface area contributed by atoms with E-state index < -0.39 is 0 Å². The van der Waals surface area contributed by atoms with E-state index in [2.05, 4.69) is 31.3 Å². The predicted octanol–water partition coefficient (Wildman–Crippen LogP) is -0.985. The second kappa shape index (κ2) is 154. The summed E-state index contributed by atoms with van der Waals surface area (Å²) in [6, 6.07) is 0. The van der Waals surface area contributed by atoms with E-state index in [0.717, 1.165) is 0 Å². The van der Waals surface area contributed by atoms with Crippen LogP contribution in [0.25, 0.3) is 0 Å². The molecule has 1 radical (unpaired) electrons. The van der Waals surface area contributed by atoms with Crippen LogP contribution >= 0.6 is 0 Å². The van der Waals surface area contributed by atoms with Crippen molar-refractivity contribution >= 4 is 48.9 Å². The standard InChI is InChI=1S/Ba.Cr.Cu.Fe.Ni.5O/q+2;+3;;+2;;;;3*-2. The van der Waals surface area contributed by atoms with E-state index in [1.54, 1.807) is 0 Å². The van der Waals surface area contributed by atoms with Gasteiger partial charge in [-0.25, -0.2) is 0 Å². The number of rotatable bonds is 0. The normalized spacial score (nSPS) is 1.20. The summed E-state index contributed by atoms with van der Waals surface area (Å²) in [4.78, 5) is 0. The van der Waals surface area contributed by atoms with Crippen LogP contribution in [0.15, 0.2) is 0 Å². The van der Waals surface area contributed by atoms with Crippen LogP contribution in [0.1, 0.15) is 0 Å². The first-order chi connectivity index (χ1) is 2.00. The van der Waals surface area contributed by atoms with Gasteiger partial charge in [0.05, 0.1) is 0 Å². The van der Waals surface area contributed by atoms with Crippen molar-refractivity contribution in [1.82, 2.24) is 0 Å². The van der Waals surface area contributed by atoms with Gasteiger partial charge in [-0.2, -0.15) is 0 Å². The van der Waals surface area contributed by atoms with E-state index in [1.807, 2.05) is 0 Å². The third-order valence-electron chi connectivity index (χ3n) is 0. The van der Waals surface area contributed by atoms with Gasteiger partial charge in [0.25, 0.3) is 0 Å². The SMILES string of the molecule is [Ba+2].[Cr+3].[Fe+2].[O-2].[O-2].[O-2].[O]=[Cu].[O]=[Ni]. The second-order valence-corrected chi connectivity index (χ2v) is 0. The van der Waals surface area contributed by atoms with Crippen LogP contribution in [0.3, 0.4) is 0 Å². The van der Waals surface area contributed by atoms with E-state index in [-0.39, 0.29) is 99.7 Å². The van der Waals surface area contributed by atoms with Crippen molar-refractivity contribution in [2.45, 2.75) is 0 Å². The maximum absolute atomic E-state index is 7.88. The van der Waals surface area contributed by atoms with Crippen molar-refractivity contribution < 1.29 is 89.9 Å². The molecule has 0 aliphatic carbocycles. The third kappa shape index (κ3) is 117. The summed E-state index contributed by atoms with van der Waals surface area (Å²) >= 11 is 5.56. The molecule has 10 heteroatoms. The first kappa shape index (κ1) is 73.6. The van der Waals surface area contributed by atoms with E-state index in [4.69, 9.17) is 7.73 Å². The fraction of sp³-hybridized carbons (Fsp3) is 0.